The smallest absolute Gasteiger partial charge is 0.234 e. The maximum atomic E-state index is 13.9. The van der Waals surface area contributed by atoms with Gasteiger partial charge in [-0.25, -0.2) is 8.78 Å². The molecule has 0 aromatic heterocycles. The fourth-order valence-corrected chi connectivity index (χ4v) is 3.82. The summed E-state index contributed by atoms with van der Waals surface area (Å²) < 4.78 is 37.7. The summed E-state index contributed by atoms with van der Waals surface area (Å²) in [6, 6.07) is 8.86. The quantitative estimate of drug-likeness (QED) is 0.783. The summed E-state index contributed by atoms with van der Waals surface area (Å²) in [4.78, 5) is 16.8. The highest BCUT2D eigenvalue weighted by Crippen LogP contribution is 2.32. The van der Waals surface area contributed by atoms with E-state index in [9.17, 15) is 13.6 Å². The van der Waals surface area contributed by atoms with Crippen LogP contribution in [0.25, 0.3) is 0 Å². The number of benzene rings is 2. The van der Waals surface area contributed by atoms with Crippen LogP contribution in [0.3, 0.4) is 0 Å². The van der Waals surface area contributed by atoms with Crippen molar-refractivity contribution >= 4 is 5.91 Å². The SMILES string of the molecule is C[C@H](NC(=O)CN1CCN(Cc2ccc3c(c2)OCO3)CC1)c1ccc(F)cc1F. The van der Waals surface area contributed by atoms with Crippen molar-refractivity contribution in [2.24, 2.45) is 0 Å². The van der Waals surface area contributed by atoms with Crippen LogP contribution in [0.15, 0.2) is 36.4 Å². The molecule has 0 bridgehead atoms. The molecule has 8 heteroatoms. The highest BCUT2D eigenvalue weighted by molar-refractivity contribution is 5.78. The Kier molecular flexibility index (Phi) is 6.15. The summed E-state index contributed by atoms with van der Waals surface area (Å²) in [5.41, 5.74) is 1.44. The molecular formula is C22H25F2N3O3. The minimum atomic E-state index is -0.653. The fourth-order valence-electron chi connectivity index (χ4n) is 3.82. The summed E-state index contributed by atoms with van der Waals surface area (Å²) in [7, 11) is 0. The van der Waals surface area contributed by atoms with E-state index in [1.54, 1.807) is 6.92 Å². The van der Waals surface area contributed by atoms with E-state index in [1.807, 2.05) is 18.2 Å². The first kappa shape index (κ1) is 20.6. The fraction of sp³-hybridized carbons (Fsp3) is 0.409. The van der Waals surface area contributed by atoms with Crippen LogP contribution in [0.5, 0.6) is 11.5 Å². The lowest BCUT2D eigenvalue weighted by Crippen LogP contribution is -2.49. The Labute approximate surface area is 174 Å². The van der Waals surface area contributed by atoms with E-state index >= 15 is 0 Å². The van der Waals surface area contributed by atoms with Crippen molar-refractivity contribution in [2.45, 2.75) is 19.5 Å². The van der Waals surface area contributed by atoms with Gasteiger partial charge in [0.05, 0.1) is 12.6 Å². The van der Waals surface area contributed by atoms with Gasteiger partial charge in [0.25, 0.3) is 0 Å². The second-order valence-electron chi connectivity index (χ2n) is 7.69. The molecule has 2 aliphatic rings. The molecule has 0 saturated carbocycles. The Hall–Kier alpha value is -2.71. The molecule has 2 heterocycles. The van der Waals surface area contributed by atoms with Gasteiger partial charge in [0.1, 0.15) is 11.6 Å². The molecule has 1 amide bonds. The van der Waals surface area contributed by atoms with Gasteiger partial charge in [-0.3, -0.25) is 14.6 Å². The molecule has 0 aliphatic carbocycles. The van der Waals surface area contributed by atoms with E-state index in [4.69, 9.17) is 9.47 Å². The van der Waals surface area contributed by atoms with E-state index < -0.39 is 17.7 Å². The van der Waals surface area contributed by atoms with Gasteiger partial charge in [-0.15, -0.1) is 0 Å². The molecule has 2 aromatic carbocycles. The predicted octanol–water partition coefficient (Wildman–Crippen LogP) is 2.69. The maximum Gasteiger partial charge on any atom is 0.234 e. The summed E-state index contributed by atoms with van der Waals surface area (Å²) in [6.45, 7) is 6.29. The lowest BCUT2D eigenvalue weighted by atomic mass is 10.1. The van der Waals surface area contributed by atoms with Crippen LogP contribution in [0.2, 0.25) is 0 Å². The lowest BCUT2D eigenvalue weighted by molar-refractivity contribution is -0.123. The summed E-state index contributed by atoms with van der Waals surface area (Å²) >= 11 is 0. The number of hydrogen-bond donors (Lipinski definition) is 1. The van der Waals surface area contributed by atoms with Gasteiger partial charge in [-0.05, 0) is 30.7 Å². The topological polar surface area (TPSA) is 54.0 Å². The minimum absolute atomic E-state index is 0.171. The number of amides is 1. The molecule has 2 aromatic rings. The van der Waals surface area contributed by atoms with Crippen molar-refractivity contribution in [1.29, 1.82) is 0 Å². The molecule has 1 N–H and O–H groups in total. The lowest BCUT2D eigenvalue weighted by Gasteiger charge is -2.34. The molecule has 2 aliphatic heterocycles. The highest BCUT2D eigenvalue weighted by Gasteiger charge is 2.21. The van der Waals surface area contributed by atoms with Crippen LogP contribution in [0.4, 0.5) is 8.78 Å². The Morgan fingerprint density at radius 2 is 1.77 bits per heavy atom. The van der Waals surface area contributed by atoms with E-state index in [0.717, 1.165) is 50.3 Å². The Bertz CT molecular complexity index is 916. The Morgan fingerprint density at radius 3 is 2.53 bits per heavy atom. The largest absolute Gasteiger partial charge is 0.454 e. The van der Waals surface area contributed by atoms with Crippen LogP contribution in [-0.2, 0) is 11.3 Å². The molecule has 1 saturated heterocycles. The van der Waals surface area contributed by atoms with E-state index in [2.05, 4.69) is 15.1 Å². The zero-order chi connectivity index (χ0) is 21.1. The molecule has 1 fully saturated rings. The molecule has 1 atom stereocenters. The average molecular weight is 417 g/mol. The molecular weight excluding hydrogens is 392 g/mol. The summed E-state index contributed by atoms with van der Waals surface area (Å²) in [5.74, 6) is 0.114. The van der Waals surface area contributed by atoms with Crippen molar-refractivity contribution in [1.82, 2.24) is 15.1 Å². The zero-order valence-electron chi connectivity index (χ0n) is 16.9. The molecule has 160 valence electrons. The third kappa shape index (κ3) is 4.88. The number of fused-ring (bicyclic) bond motifs is 1. The number of carbonyl (C=O) groups is 1. The van der Waals surface area contributed by atoms with Crippen LogP contribution >= 0.6 is 0 Å². The molecule has 4 rings (SSSR count). The van der Waals surface area contributed by atoms with Crippen molar-refractivity contribution in [3.05, 3.63) is 59.2 Å². The number of nitrogens with one attached hydrogen (secondary N) is 1. The Balaban J connectivity index is 1.23. The van der Waals surface area contributed by atoms with Gasteiger partial charge >= 0.3 is 0 Å². The van der Waals surface area contributed by atoms with Crippen LogP contribution in [0, 0.1) is 11.6 Å². The third-order valence-electron chi connectivity index (χ3n) is 5.48. The van der Waals surface area contributed by atoms with Gasteiger partial charge in [0, 0.05) is 44.4 Å². The monoisotopic (exact) mass is 417 g/mol. The zero-order valence-corrected chi connectivity index (χ0v) is 16.9. The van der Waals surface area contributed by atoms with Gasteiger partial charge in [-0.1, -0.05) is 12.1 Å². The molecule has 6 nitrogen and oxygen atoms in total. The number of rotatable bonds is 6. The van der Waals surface area contributed by atoms with Crippen molar-refractivity contribution in [3.63, 3.8) is 0 Å². The van der Waals surface area contributed by atoms with E-state index in [1.165, 1.54) is 17.7 Å². The number of piperazine rings is 1. The van der Waals surface area contributed by atoms with Crippen LogP contribution in [0.1, 0.15) is 24.1 Å². The minimum Gasteiger partial charge on any atom is -0.454 e. The maximum absolute atomic E-state index is 13.9. The highest BCUT2D eigenvalue weighted by atomic mass is 19.1. The summed E-state index contributed by atoms with van der Waals surface area (Å²) in [6.07, 6.45) is 0. The normalized spacial score (nSPS) is 17.7. The van der Waals surface area contributed by atoms with E-state index in [0.29, 0.717) is 0 Å². The standard InChI is InChI=1S/C22H25F2N3O3/c1-15(18-4-3-17(23)11-19(18)24)25-22(28)13-27-8-6-26(7-9-27)12-16-2-5-20-21(10-16)30-14-29-20/h2-5,10-11,15H,6-9,12-14H2,1H3,(H,25,28)/t15-/m0/s1. The second-order valence-corrected chi connectivity index (χ2v) is 7.69. The average Bonchev–Trinajstić information content (AvgIpc) is 3.17. The van der Waals surface area contributed by atoms with Gasteiger partial charge < -0.3 is 14.8 Å². The Morgan fingerprint density at radius 1 is 1.03 bits per heavy atom. The van der Waals surface area contributed by atoms with Crippen molar-refractivity contribution in [2.75, 3.05) is 39.5 Å². The first-order valence-electron chi connectivity index (χ1n) is 10.1. The molecule has 0 unspecified atom stereocenters. The van der Waals surface area contributed by atoms with Crippen LogP contribution in [-0.4, -0.2) is 55.2 Å². The number of ether oxygens (including phenoxy) is 2. The third-order valence-corrected chi connectivity index (χ3v) is 5.48. The number of halogens is 2. The number of nitrogens with zero attached hydrogens (tertiary/aromatic N) is 2. The van der Waals surface area contributed by atoms with Crippen molar-refractivity contribution in [3.8, 4) is 11.5 Å². The predicted molar refractivity (Wildman–Crippen MR) is 107 cm³/mol. The van der Waals surface area contributed by atoms with Gasteiger partial charge in [0.15, 0.2) is 11.5 Å². The van der Waals surface area contributed by atoms with Crippen LogP contribution < -0.4 is 14.8 Å². The molecule has 0 spiro atoms. The van der Waals surface area contributed by atoms with E-state index in [-0.39, 0.29) is 24.8 Å². The van der Waals surface area contributed by atoms with Gasteiger partial charge in [-0.2, -0.15) is 0 Å². The number of carbonyl (C=O) groups excluding carboxylic acids is 1. The number of hydrogen-bond acceptors (Lipinski definition) is 5. The van der Waals surface area contributed by atoms with Crippen molar-refractivity contribution < 1.29 is 23.0 Å². The molecule has 0 radical (unpaired) electrons. The second kappa shape index (κ2) is 8.97. The molecule has 30 heavy (non-hydrogen) atoms. The first-order valence-corrected chi connectivity index (χ1v) is 10.1. The summed E-state index contributed by atoms with van der Waals surface area (Å²) in [5, 5.41) is 2.80. The first-order chi connectivity index (χ1) is 14.5. The van der Waals surface area contributed by atoms with Gasteiger partial charge in [0.2, 0.25) is 12.7 Å².